The van der Waals surface area contributed by atoms with Crippen LogP contribution in [0.25, 0.3) is 0 Å². The maximum atomic E-state index is 11.1. The number of fused-ring (bicyclic) bond motifs is 1. The fraction of sp³-hybridized carbons (Fsp3) is 0.500. The third-order valence-corrected chi connectivity index (χ3v) is 3.22. The molecule has 0 fully saturated rings. The van der Waals surface area contributed by atoms with E-state index < -0.39 is 10.1 Å². The van der Waals surface area contributed by atoms with E-state index in [1.54, 1.807) is 18.2 Å². The Hall–Kier alpha value is -1.27. The molecule has 1 unspecified atom stereocenters. The van der Waals surface area contributed by atoms with Crippen LogP contribution in [0.5, 0.6) is 11.5 Å². The molecule has 0 radical (unpaired) electrons. The molecule has 0 spiro atoms. The molecule has 100 valence electrons. The van der Waals surface area contributed by atoms with Gasteiger partial charge in [0.2, 0.25) is 0 Å². The molecule has 1 atom stereocenters. The van der Waals surface area contributed by atoms with Crippen LogP contribution in [-0.2, 0) is 10.1 Å². The lowest BCUT2D eigenvalue weighted by molar-refractivity contribution is 0.0727. The van der Waals surface area contributed by atoms with Crippen molar-refractivity contribution < 1.29 is 17.3 Å². The summed E-state index contributed by atoms with van der Waals surface area (Å²) < 4.78 is 32.8. The van der Waals surface area contributed by atoms with Gasteiger partial charge in [-0.3, -0.25) is 0 Å². The van der Waals surface area contributed by atoms with Gasteiger partial charge in [-0.15, -0.1) is 0 Å². The van der Waals surface area contributed by atoms with Crippen LogP contribution in [0, 0.1) is 0 Å². The van der Waals surface area contributed by atoms with E-state index in [-0.39, 0.29) is 17.4 Å². The fourth-order valence-corrected chi connectivity index (χ4v) is 2.57. The molecule has 1 heterocycles. The summed E-state index contributed by atoms with van der Waals surface area (Å²) in [6.07, 6.45) is 1.67. The van der Waals surface area contributed by atoms with E-state index >= 15 is 0 Å². The average molecular weight is 271 g/mol. The lowest BCUT2D eigenvalue weighted by Gasteiger charge is -2.36. The molecule has 6 heteroatoms. The molecule has 0 saturated carbocycles. The SMILES string of the molecule is CC1(C)CC(N)c2cc(OS(C)(=O)=O)ccc2O1. The molecule has 0 aromatic heterocycles. The van der Waals surface area contributed by atoms with Gasteiger partial charge in [-0.1, -0.05) is 0 Å². The number of nitrogens with two attached hydrogens (primary N) is 1. The van der Waals surface area contributed by atoms with Gasteiger partial charge in [-0.25, -0.2) is 0 Å². The van der Waals surface area contributed by atoms with Gasteiger partial charge in [-0.2, -0.15) is 8.42 Å². The summed E-state index contributed by atoms with van der Waals surface area (Å²) in [6.45, 7) is 3.94. The first-order valence-electron chi connectivity index (χ1n) is 5.64. The van der Waals surface area contributed by atoms with E-state index in [1.807, 2.05) is 13.8 Å². The Labute approximate surface area is 107 Å². The Morgan fingerprint density at radius 1 is 1.44 bits per heavy atom. The first kappa shape index (κ1) is 13.2. The lowest BCUT2D eigenvalue weighted by Crippen LogP contribution is -2.37. The molecule has 2 N–H and O–H groups in total. The van der Waals surface area contributed by atoms with Crippen LogP contribution in [-0.4, -0.2) is 20.3 Å². The van der Waals surface area contributed by atoms with E-state index in [0.717, 1.165) is 11.8 Å². The predicted molar refractivity (Wildman–Crippen MR) is 68.2 cm³/mol. The van der Waals surface area contributed by atoms with Crippen molar-refractivity contribution in [3.8, 4) is 11.5 Å². The van der Waals surface area contributed by atoms with Crippen molar-refractivity contribution in [1.82, 2.24) is 0 Å². The second-order valence-corrected chi connectivity index (χ2v) is 6.73. The minimum atomic E-state index is -3.53. The number of hydrogen-bond acceptors (Lipinski definition) is 5. The van der Waals surface area contributed by atoms with Gasteiger partial charge in [-0.05, 0) is 32.0 Å². The highest BCUT2D eigenvalue weighted by Gasteiger charge is 2.32. The quantitative estimate of drug-likeness (QED) is 0.826. The normalized spacial score (nSPS) is 21.9. The van der Waals surface area contributed by atoms with E-state index in [2.05, 4.69) is 0 Å². The summed E-state index contributed by atoms with van der Waals surface area (Å²) in [4.78, 5) is 0. The Bertz CT molecular complexity index is 565. The first-order chi connectivity index (χ1) is 8.16. The number of benzene rings is 1. The van der Waals surface area contributed by atoms with Crippen molar-refractivity contribution in [2.45, 2.75) is 31.9 Å². The summed E-state index contributed by atoms with van der Waals surface area (Å²) in [5.41, 5.74) is 6.53. The largest absolute Gasteiger partial charge is 0.487 e. The van der Waals surface area contributed by atoms with E-state index in [0.29, 0.717) is 12.2 Å². The van der Waals surface area contributed by atoms with Crippen molar-refractivity contribution in [1.29, 1.82) is 0 Å². The third kappa shape index (κ3) is 2.94. The zero-order valence-corrected chi connectivity index (χ0v) is 11.5. The van der Waals surface area contributed by atoms with Crippen molar-refractivity contribution in [2.24, 2.45) is 5.73 Å². The van der Waals surface area contributed by atoms with Gasteiger partial charge in [0, 0.05) is 18.0 Å². The predicted octanol–water partition coefficient (Wildman–Crippen LogP) is 1.59. The highest BCUT2D eigenvalue weighted by atomic mass is 32.2. The Kier molecular flexibility index (Phi) is 3.03. The molecule has 0 amide bonds. The van der Waals surface area contributed by atoms with E-state index in [9.17, 15) is 8.42 Å². The van der Waals surface area contributed by atoms with Crippen molar-refractivity contribution in [3.05, 3.63) is 23.8 Å². The van der Waals surface area contributed by atoms with Crippen molar-refractivity contribution >= 4 is 10.1 Å². The Balaban J connectivity index is 2.36. The van der Waals surface area contributed by atoms with Gasteiger partial charge in [0.05, 0.1) is 6.26 Å². The molecule has 1 aromatic rings. The van der Waals surface area contributed by atoms with Crippen molar-refractivity contribution in [3.63, 3.8) is 0 Å². The van der Waals surface area contributed by atoms with Crippen LogP contribution >= 0.6 is 0 Å². The zero-order valence-electron chi connectivity index (χ0n) is 10.6. The molecule has 2 rings (SSSR count). The maximum Gasteiger partial charge on any atom is 0.306 e. The molecule has 0 aliphatic carbocycles. The van der Waals surface area contributed by atoms with Gasteiger partial charge in [0.25, 0.3) is 0 Å². The number of ether oxygens (including phenoxy) is 1. The standard InChI is InChI=1S/C12H17NO4S/c1-12(2)7-10(13)9-6-8(17-18(3,14)15)4-5-11(9)16-12/h4-6,10H,7,13H2,1-3H3. The first-order valence-corrected chi connectivity index (χ1v) is 7.46. The monoisotopic (exact) mass is 271 g/mol. The topological polar surface area (TPSA) is 78.6 Å². The minimum absolute atomic E-state index is 0.188. The molecular weight excluding hydrogens is 254 g/mol. The van der Waals surface area contributed by atoms with E-state index in [4.69, 9.17) is 14.7 Å². The summed E-state index contributed by atoms with van der Waals surface area (Å²) in [5.74, 6) is 0.939. The van der Waals surface area contributed by atoms with Gasteiger partial charge in [0.1, 0.15) is 17.1 Å². The van der Waals surface area contributed by atoms with Gasteiger partial charge in [0.15, 0.2) is 0 Å². The lowest BCUT2D eigenvalue weighted by atomic mass is 9.90. The van der Waals surface area contributed by atoms with Crippen LogP contribution in [0.15, 0.2) is 18.2 Å². The second kappa shape index (κ2) is 4.13. The molecule has 0 saturated heterocycles. The zero-order chi connectivity index (χ0) is 13.6. The summed E-state index contributed by atoms with van der Waals surface area (Å²) in [6, 6.07) is 4.69. The summed E-state index contributed by atoms with van der Waals surface area (Å²) >= 11 is 0. The van der Waals surface area contributed by atoms with Crippen LogP contribution < -0.4 is 14.7 Å². The molecule has 1 aromatic carbocycles. The van der Waals surface area contributed by atoms with Crippen LogP contribution in [0.3, 0.4) is 0 Å². The molecule has 1 aliphatic rings. The third-order valence-electron chi connectivity index (χ3n) is 2.73. The van der Waals surface area contributed by atoms with Gasteiger partial charge < -0.3 is 14.7 Å². The molecule has 18 heavy (non-hydrogen) atoms. The fourth-order valence-electron chi connectivity index (χ4n) is 2.11. The van der Waals surface area contributed by atoms with E-state index in [1.165, 1.54) is 0 Å². The highest BCUT2D eigenvalue weighted by Crippen LogP contribution is 2.39. The van der Waals surface area contributed by atoms with Crippen LogP contribution in [0.1, 0.15) is 31.9 Å². The average Bonchev–Trinajstić information content (AvgIpc) is 2.15. The van der Waals surface area contributed by atoms with Crippen LogP contribution in [0.2, 0.25) is 0 Å². The number of rotatable bonds is 2. The summed E-state index contributed by atoms with van der Waals surface area (Å²) in [5, 5.41) is 0. The number of hydrogen-bond donors (Lipinski definition) is 1. The molecule has 0 bridgehead atoms. The maximum absolute atomic E-state index is 11.1. The highest BCUT2D eigenvalue weighted by molar-refractivity contribution is 7.86. The molecular formula is C12H17NO4S. The Morgan fingerprint density at radius 3 is 2.72 bits per heavy atom. The van der Waals surface area contributed by atoms with Crippen LogP contribution in [0.4, 0.5) is 0 Å². The smallest absolute Gasteiger partial charge is 0.306 e. The van der Waals surface area contributed by atoms with Gasteiger partial charge >= 0.3 is 10.1 Å². The second-order valence-electron chi connectivity index (χ2n) is 5.16. The molecule has 1 aliphatic heterocycles. The Morgan fingerprint density at radius 2 is 2.11 bits per heavy atom. The van der Waals surface area contributed by atoms with Crippen molar-refractivity contribution in [2.75, 3.05) is 6.26 Å². The molecule has 5 nitrogen and oxygen atoms in total. The minimum Gasteiger partial charge on any atom is -0.487 e. The summed E-state index contributed by atoms with van der Waals surface area (Å²) in [7, 11) is -3.53.